The van der Waals surface area contributed by atoms with Gasteiger partial charge in [0.25, 0.3) is 0 Å². The van der Waals surface area contributed by atoms with Crippen molar-refractivity contribution in [2.75, 3.05) is 12.4 Å². The zero-order valence-electron chi connectivity index (χ0n) is 14.3. The van der Waals surface area contributed by atoms with E-state index in [2.05, 4.69) is 72.1 Å². The molecule has 0 fully saturated rings. The van der Waals surface area contributed by atoms with Crippen molar-refractivity contribution < 1.29 is 4.74 Å². The van der Waals surface area contributed by atoms with Gasteiger partial charge in [0.05, 0.1) is 13.2 Å². The van der Waals surface area contributed by atoms with Gasteiger partial charge in [-0.1, -0.05) is 66.7 Å². The normalized spacial score (nSPS) is 23.8. The molecule has 0 radical (unpaired) electrons. The minimum Gasteiger partial charge on any atom is -0.496 e. The van der Waals surface area contributed by atoms with E-state index < -0.39 is 0 Å². The first-order valence-electron chi connectivity index (χ1n) is 8.94. The molecule has 3 aromatic carbocycles. The van der Waals surface area contributed by atoms with Crippen molar-refractivity contribution in [1.29, 1.82) is 0 Å². The van der Waals surface area contributed by atoms with Crippen LogP contribution in [0.5, 0.6) is 5.75 Å². The Hall–Kier alpha value is -2.74. The molecular weight excluding hydrogens is 306 g/mol. The molecule has 2 aliphatic rings. The van der Waals surface area contributed by atoms with Crippen molar-refractivity contribution in [1.82, 2.24) is 0 Å². The van der Waals surface area contributed by atoms with Crippen molar-refractivity contribution in [3.8, 4) is 5.75 Å². The number of para-hydroxylation sites is 1. The molecule has 5 rings (SSSR count). The van der Waals surface area contributed by atoms with Crippen molar-refractivity contribution >= 4 is 16.5 Å². The summed E-state index contributed by atoms with van der Waals surface area (Å²) < 4.78 is 5.66. The molecule has 2 heteroatoms. The first kappa shape index (κ1) is 14.6. The molecule has 0 spiro atoms. The van der Waals surface area contributed by atoms with Gasteiger partial charge in [-0.3, -0.25) is 0 Å². The molecule has 3 atom stereocenters. The number of nitrogens with one attached hydrogen (secondary N) is 1. The van der Waals surface area contributed by atoms with Crippen LogP contribution in [-0.2, 0) is 0 Å². The first-order chi connectivity index (χ1) is 12.4. The fourth-order valence-electron chi connectivity index (χ4n) is 4.57. The Kier molecular flexibility index (Phi) is 3.30. The molecule has 1 N–H and O–H groups in total. The molecule has 1 heterocycles. The molecule has 0 saturated carbocycles. The van der Waals surface area contributed by atoms with Crippen LogP contribution in [-0.4, -0.2) is 7.11 Å². The molecule has 1 aliphatic carbocycles. The topological polar surface area (TPSA) is 21.3 Å². The summed E-state index contributed by atoms with van der Waals surface area (Å²) in [7, 11) is 1.76. The highest BCUT2D eigenvalue weighted by atomic mass is 16.5. The Morgan fingerprint density at radius 1 is 0.920 bits per heavy atom. The lowest BCUT2D eigenvalue weighted by Gasteiger charge is -2.38. The van der Waals surface area contributed by atoms with E-state index in [1.807, 2.05) is 6.07 Å². The van der Waals surface area contributed by atoms with Gasteiger partial charge in [-0.15, -0.1) is 0 Å². The van der Waals surface area contributed by atoms with Crippen LogP contribution in [0.3, 0.4) is 0 Å². The van der Waals surface area contributed by atoms with Gasteiger partial charge in [0.1, 0.15) is 5.75 Å². The van der Waals surface area contributed by atoms with E-state index in [9.17, 15) is 0 Å². The zero-order valence-corrected chi connectivity index (χ0v) is 14.3. The molecule has 3 aromatic rings. The Morgan fingerprint density at radius 2 is 1.76 bits per heavy atom. The summed E-state index contributed by atoms with van der Waals surface area (Å²) in [4.78, 5) is 0. The highest BCUT2D eigenvalue weighted by Crippen LogP contribution is 2.52. The number of fused-ring (bicyclic) bond motifs is 5. The first-order valence-corrected chi connectivity index (χ1v) is 8.94. The SMILES string of the molecule is COc1ccccc1[C@@H]1Nc2c(ccc3ccccc23)[C@@H]2C=CC[C@@H]21. The van der Waals surface area contributed by atoms with Crippen LogP contribution in [0, 0.1) is 5.92 Å². The van der Waals surface area contributed by atoms with Gasteiger partial charge in [-0.25, -0.2) is 0 Å². The monoisotopic (exact) mass is 327 g/mol. The Balaban J connectivity index is 1.71. The van der Waals surface area contributed by atoms with Gasteiger partial charge >= 0.3 is 0 Å². The van der Waals surface area contributed by atoms with Crippen LogP contribution >= 0.6 is 0 Å². The second kappa shape index (κ2) is 5.66. The molecule has 2 nitrogen and oxygen atoms in total. The van der Waals surface area contributed by atoms with E-state index in [1.165, 1.54) is 27.6 Å². The summed E-state index contributed by atoms with van der Waals surface area (Å²) >= 11 is 0. The van der Waals surface area contributed by atoms with Gasteiger partial charge in [0.2, 0.25) is 0 Å². The molecule has 0 bridgehead atoms. The average Bonchev–Trinajstić information content (AvgIpc) is 3.17. The number of anilines is 1. The number of allylic oxidation sites excluding steroid dienone is 2. The third-order valence-corrected chi connectivity index (χ3v) is 5.74. The number of hydrogen-bond acceptors (Lipinski definition) is 2. The van der Waals surface area contributed by atoms with Gasteiger partial charge < -0.3 is 10.1 Å². The van der Waals surface area contributed by atoms with Crippen LogP contribution in [0.2, 0.25) is 0 Å². The quantitative estimate of drug-likeness (QED) is 0.612. The Morgan fingerprint density at radius 3 is 2.68 bits per heavy atom. The Labute approximate surface area is 148 Å². The van der Waals surface area contributed by atoms with E-state index in [1.54, 1.807) is 7.11 Å². The summed E-state index contributed by atoms with van der Waals surface area (Å²) in [6, 6.07) is 21.9. The van der Waals surface area contributed by atoms with Crippen molar-refractivity contribution in [2.45, 2.75) is 18.4 Å². The zero-order chi connectivity index (χ0) is 16.8. The second-order valence-corrected chi connectivity index (χ2v) is 6.97. The van der Waals surface area contributed by atoms with E-state index in [-0.39, 0.29) is 6.04 Å². The molecule has 0 aromatic heterocycles. The third-order valence-electron chi connectivity index (χ3n) is 5.74. The average molecular weight is 327 g/mol. The van der Waals surface area contributed by atoms with E-state index >= 15 is 0 Å². The molecule has 0 unspecified atom stereocenters. The predicted molar refractivity (Wildman–Crippen MR) is 103 cm³/mol. The van der Waals surface area contributed by atoms with Crippen molar-refractivity contribution in [3.63, 3.8) is 0 Å². The van der Waals surface area contributed by atoms with Crippen molar-refractivity contribution in [2.24, 2.45) is 5.92 Å². The molecule has 0 amide bonds. The molecule has 124 valence electrons. The highest BCUT2D eigenvalue weighted by Gasteiger charge is 2.39. The van der Waals surface area contributed by atoms with Gasteiger partial charge in [-0.2, -0.15) is 0 Å². The van der Waals surface area contributed by atoms with Crippen LogP contribution in [0.1, 0.15) is 29.5 Å². The van der Waals surface area contributed by atoms with E-state index in [0.717, 1.165) is 12.2 Å². The largest absolute Gasteiger partial charge is 0.496 e. The maximum absolute atomic E-state index is 5.66. The number of hydrogen-bond donors (Lipinski definition) is 1. The maximum atomic E-state index is 5.66. The number of benzene rings is 3. The maximum Gasteiger partial charge on any atom is 0.124 e. The fourth-order valence-corrected chi connectivity index (χ4v) is 4.57. The van der Waals surface area contributed by atoms with Crippen molar-refractivity contribution in [3.05, 3.63) is 83.9 Å². The summed E-state index contributed by atoms with van der Waals surface area (Å²) in [5.74, 6) is 1.97. The van der Waals surface area contributed by atoms with Gasteiger partial charge in [-0.05, 0) is 29.4 Å². The third kappa shape index (κ3) is 2.17. The van der Waals surface area contributed by atoms with Crippen LogP contribution in [0.25, 0.3) is 10.8 Å². The number of methoxy groups -OCH3 is 1. The van der Waals surface area contributed by atoms with Crippen LogP contribution < -0.4 is 10.1 Å². The fraction of sp³-hybridized carbons (Fsp3) is 0.217. The lowest BCUT2D eigenvalue weighted by molar-refractivity contribution is 0.381. The number of ether oxygens (including phenoxy) is 1. The number of rotatable bonds is 2. The minimum absolute atomic E-state index is 0.259. The van der Waals surface area contributed by atoms with E-state index in [0.29, 0.717) is 11.8 Å². The summed E-state index contributed by atoms with van der Waals surface area (Å²) in [5, 5.41) is 6.47. The predicted octanol–water partition coefficient (Wildman–Crippen LogP) is 5.67. The lowest BCUT2D eigenvalue weighted by atomic mass is 9.76. The molecule has 25 heavy (non-hydrogen) atoms. The standard InChI is InChI=1S/C23H21NO/c1-25-21-12-5-4-9-20(21)23-18-11-6-10-17(18)19-14-13-15-7-2-3-8-16(15)22(19)24-23/h2-10,12-14,17-18,23-24H,11H2,1H3/t17-,18+,23-/m1/s1. The van der Waals surface area contributed by atoms with Gasteiger partial charge in [0.15, 0.2) is 0 Å². The molecule has 1 aliphatic heterocycles. The summed E-state index contributed by atoms with van der Waals surface area (Å²) in [6.45, 7) is 0. The summed E-state index contributed by atoms with van der Waals surface area (Å²) in [6.07, 6.45) is 5.83. The van der Waals surface area contributed by atoms with E-state index in [4.69, 9.17) is 4.74 Å². The van der Waals surface area contributed by atoms with Crippen LogP contribution in [0.15, 0.2) is 72.8 Å². The molecular formula is C23H21NO. The molecule has 0 saturated heterocycles. The van der Waals surface area contributed by atoms with Gasteiger partial charge in [0, 0.05) is 22.6 Å². The Bertz CT molecular complexity index is 975. The summed E-state index contributed by atoms with van der Waals surface area (Å²) in [5.41, 5.74) is 3.95. The smallest absolute Gasteiger partial charge is 0.124 e. The lowest BCUT2D eigenvalue weighted by Crippen LogP contribution is -2.29. The van der Waals surface area contributed by atoms with Crippen LogP contribution in [0.4, 0.5) is 5.69 Å². The second-order valence-electron chi connectivity index (χ2n) is 6.97. The highest BCUT2D eigenvalue weighted by molar-refractivity contribution is 5.96. The minimum atomic E-state index is 0.259.